The molecule has 0 aliphatic heterocycles. The minimum atomic E-state index is -4.46. The third kappa shape index (κ3) is 4.48. The van der Waals surface area contributed by atoms with E-state index in [1.165, 1.54) is 25.1 Å². The second-order valence-corrected chi connectivity index (χ2v) is 5.20. The van der Waals surface area contributed by atoms with E-state index in [2.05, 4.69) is 5.32 Å². The molecule has 0 radical (unpaired) electrons. The molecule has 0 spiro atoms. The van der Waals surface area contributed by atoms with Gasteiger partial charge in [0.1, 0.15) is 5.75 Å². The van der Waals surface area contributed by atoms with E-state index in [1.54, 1.807) is 0 Å². The van der Waals surface area contributed by atoms with Gasteiger partial charge in [-0.1, -0.05) is 11.6 Å². The predicted octanol–water partition coefficient (Wildman–Crippen LogP) is 4.54. The molecule has 0 atom stereocenters. The largest absolute Gasteiger partial charge is 0.426 e. The molecular formula is C16H11ClF3NO3. The topological polar surface area (TPSA) is 55.4 Å². The SMILES string of the molecule is CC(=O)Oc1ccc(Cl)cc1C(=O)Nc1ccc(C(F)(F)F)cc1. The first-order chi connectivity index (χ1) is 11.2. The molecule has 0 aromatic heterocycles. The number of hydrogen-bond donors (Lipinski definition) is 1. The van der Waals surface area contributed by atoms with Crippen LogP contribution in [-0.2, 0) is 11.0 Å². The van der Waals surface area contributed by atoms with Gasteiger partial charge in [0.25, 0.3) is 5.91 Å². The summed E-state index contributed by atoms with van der Waals surface area (Å²) in [5, 5.41) is 2.66. The van der Waals surface area contributed by atoms with E-state index in [0.717, 1.165) is 24.3 Å². The van der Waals surface area contributed by atoms with Gasteiger partial charge < -0.3 is 10.1 Å². The number of hydrogen-bond acceptors (Lipinski definition) is 3. The highest BCUT2D eigenvalue weighted by Gasteiger charge is 2.30. The number of alkyl halides is 3. The van der Waals surface area contributed by atoms with E-state index in [4.69, 9.17) is 16.3 Å². The van der Waals surface area contributed by atoms with Crippen LogP contribution in [0.25, 0.3) is 0 Å². The van der Waals surface area contributed by atoms with Crippen molar-refractivity contribution in [3.8, 4) is 5.75 Å². The summed E-state index contributed by atoms with van der Waals surface area (Å²) in [4.78, 5) is 23.3. The maximum absolute atomic E-state index is 12.5. The number of carbonyl (C=O) groups excluding carboxylic acids is 2. The second kappa shape index (κ2) is 6.92. The molecule has 0 bridgehead atoms. The first kappa shape index (κ1) is 17.8. The van der Waals surface area contributed by atoms with Crippen molar-refractivity contribution in [2.45, 2.75) is 13.1 Å². The number of carbonyl (C=O) groups is 2. The Morgan fingerprint density at radius 2 is 1.71 bits per heavy atom. The lowest BCUT2D eigenvalue weighted by molar-refractivity contribution is -0.137. The van der Waals surface area contributed by atoms with Crippen molar-refractivity contribution in [2.24, 2.45) is 0 Å². The van der Waals surface area contributed by atoms with Crippen LogP contribution < -0.4 is 10.1 Å². The molecule has 2 aromatic rings. The highest BCUT2D eigenvalue weighted by Crippen LogP contribution is 2.30. The van der Waals surface area contributed by atoms with E-state index in [1.807, 2.05) is 0 Å². The fourth-order valence-electron chi connectivity index (χ4n) is 1.86. The molecular weight excluding hydrogens is 347 g/mol. The molecule has 1 amide bonds. The number of rotatable bonds is 3. The molecule has 0 unspecified atom stereocenters. The van der Waals surface area contributed by atoms with Crippen molar-refractivity contribution >= 4 is 29.2 Å². The van der Waals surface area contributed by atoms with Gasteiger partial charge in [0.15, 0.2) is 0 Å². The van der Waals surface area contributed by atoms with Gasteiger partial charge in [-0.15, -0.1) is 0 Å². The van der Waals surface area contributed by atoms with E-state index in [-0.39, 0.29) is 22.0 Å². The summed E-state index contributed by atoms with van der Waals surface area (Å²) in [5.41, 5.74) is -0.691. The maximum atomic E-state index is 12.5. The molecule has 0 saturated carbocycles. The fraction of sp³-hybridized carbons (Fsp3) is 0.125. The second-order valence-electron chi connectivity index (χ2n) is 4.76. The lowest BCUT2D eigenvalue weighted by Crippen LogP contribution is -2.15. The van der Waals surface area contributed by atoms with Crippen LogP contribution in [0.15, 0.2) is 42.5 Å². The molecule has 0 heterocycles. The van der Waals surface area contributed by atoms with Crippen molar-refractivity contribution in [1.29, 1.82) is 0 Å². The molecule has 0 saturated heterocycles. The molecule has 1 N–H and O–H groups in total. The summed E-state index contributed by atoms with van der Waals surface area (Å²) in [6.45, 7) is 1.17. The Morgan fingerprint density at radius 3 is 2.25 bits per heavy atom. The van der Waals surface area contributed by atoms with Crippen LogP contribution in [0.3, 0.4) is 0 Å². The third-order valence-electron chi connectivity index (χ3n) is 2.91. The number of benzene rings is 2. The molecule has 126 valence electrons. The molecule has 0 aliphatic rings. The smallest absolute Gasteiger partial charge is 0.416 e. The van der Waals surface area contributed by atoms with Crippen molar-refractivity contribution in [2.75, 3.05) is 5.32 Å². The molecule has 4 nitrogen and oxygen atoms in total. The van der Waals surface area contributed by atoms with Crippen molar-refractivity contribution in [3.05, 3.63) is 58.6 Å². The number of esters is 1. The van der Waals surface area contributed by atoms with Crippen molar-refractivity contribution < 1.29 is 27.5 Å². The zero-order valence-electron chi connectivity index (χ0n) is 12.3. The lowest BCUT2D eigenvalue weighted by Gasteiger charge is -2.11. The molecule has 0 aliphatic carbocycles. The Balaban J connectivity index is 2.23. The number of amides is 1. The Hall–Kier alpha value is -2.54. The molecule has 2 rings (SSSR count). The molecule has 24 heavy (non-hydrogen) atoms. The van der Waals surface area contributed by atoms with Gasteiger partial charge in [0, 0.05) is 17.6 Å². The average molecular weight is 358 g/mol. The Bertz CT molecular complexity index is 773. The number of ether oxygens (including phenoxy) is 1. The number of anilines is 1. The van der Waals surface area contributed by atoms with Crippen LogP contribution in [0.2, 0.25) is 5.02 Å². The van der Waals surface area contributed by atoms with Gasteiger partial charge >= 0.3 is 12.1 Å². The van der Waals surface area contributed by atoms with Gasteiger partial charge in [-0.05, 0) is 42.5 Å². The maximum Gasteiger partial charge on any atom is 0.416 e. The number of halogens is 4. The van der Waals surface area contributed by atoms with Gasteiger partial charge in [0.2, 0.25) is 0 Å². The number of nitrogens with one attached hydrogen (secondary N) is 1. The summed E-state index contributed by atoms with van der Waals surface area (Å²) in [6.07, 6.45) is -4.46. The summed E-state index contributed by atoms with van der Waals surface area (Å²) < 4.78 is 42.5. The minimum Gasteiger partial charge on any atom is -0.426 e. The Labute approximate surface area is 140 Å². The monoisotopic (exact) mass is 357 g/mol. The van der Waals surface area contributed by atoms with Gasteiger partial charge in [0.05, 0.1) is 11.1 Å². The summed E-state index contributed by atoms with van der Waals surface area (Å²) in [6, 6.07) is 8.02. The predicted molar refractivity (Wildman–Crippen MR) is 82.2 cm³/mol. The van der Waals surface area contributed by atoms with Gasteiger partial charge in [-0.25, -0.2) is 0 Å². The molecule has 0 fully saturated rings. The minimum absolute atomic E-state index is 0.00342. The first-order valence-corrected chi connectivity index (χ1v) is 7.01. The zero-order chi connectivity index (χ0) is 17.9. The summed E-state index contributed by atoms with van der Waals surface area (Å²) in [7, 11) is 0. The van der Waals surface area contributed by atoms with Crippen LogP contribution >= 0.6 is 11.6 Å². The molecule has 8 heteroatoms. The normalized spacial score (nSPS) is 11.0. The fourth-order valence-corrected chi connectivity index (χ4v) is 2.04. The summed E-state index contributed by atoms with van der Waals surface area (Å²) in [5.74, 6) is -1.30. The molecule has 2 aromatic carbocycles. The Kier molecular flexibility index (Phi) is 5.14. The van der Waals surface area contributed by atoms with Crippen LogP contribution in [0, 0.1) is 0 Å². The van der Waals surface area contributed by atoms with Crippen molar-refractivity contribution in [3.63, 3.8) is 0 Å². The first-order valence-electron chi connectivity index (χ1n) is 6.63. The summed E-state index contributed by atoms with van der Waals surface area (Å²) >= 11 is 5.83. The van der Waals surface area contributed by atoms with Crippen LogP contribution in [-0.4, -0.2) is 11.9 Å². The zero-order valence-corrected chi connectivity index (χ0v) is 13.0. The van der Waals surface area contributed by atoms with E-state index >= 15 is 0 Å². The van der Waals surface area contributed by atoms with E-state index < -0.39 is 23.6 Å². The van der Waals surface area contributed by atoms with Crippen molar-refractivity contribution in [1.82, 2.24) is 0 Å². The van der Waals surface area contributed by atoms with Crippen LogP contribution in [0.5, 0.6) is 5.75 Å². The van der Waals surface area contributed by atoms with Crippen LogP contribution in [0.1, 0.15) is 22.8 Å². The van der Waals surface area contributed by atoms with E-state index in [9.17, 15) is 22.8 Å². The van der Waals surface area contributed by atoms with E-state index in [0.29, 0.717) is 0 Å². The Morgan fingerprint density at radius 1 is 1.08 bits per heavy atom. The van der Waals surface area contributed by atoms with Crippen LogP contribution in [0.4, 0.5) is 18.9 Å². The van der Waals surface area contributed by atoms with Gasteiger partial charge in [-0.2, -0.15) is 13.2 Å². The average Bonchev–Trinajstić information content (AvgIpc) is 2.48. The third-order valence-corrected chi connectivity index (χ3v) is 3.15. The van der Waals surface area contributed by atoms with Gasteiger partial charge in [-0.3, -0.25) is 9.59 Å². The standard InChI is InChI=1S/C16H11ClF3NO3/c1-9(22)24-14-7-4-11(17)8-13(14)15(23)21-12-5-2-10(3-6-12)16(18,19)20/h2-8H,1H3,(H,21,23). The quantitative estimate of drug-likeness (QED) is 0.648. The highest BCUT2D eigenvalue weighted by molar-refractivity contribution is 6.31. The lowest BCUT2D eigenvalue weighted by atomic mass is 10.1. The highest BCUT2D eigenvalue weighted by atomic mass is 35.5.